The van der Waals surface area contributed by atoms with Gasteiger partial charge in [-0.25, -0.2) is 0 Å². The maximum absolute atomic E-state index is 4.40. The summed E-state index contributed by atoms with van der Waals surface area (Å²) in [6, 6.07) is 0. The molecule has 0 aromatic carbocycles. The zero-order chi connectivity index (χ0) is 9.52. The van der Waals surface area contributed by atoms with Crippen LogP contribution in [0.25, 0.3) is 0 Å². The summed E-state index contributed by atoms with van der Waals surface area (Å²) in [4.78, 5) is 6.61. The van der Waals surface area contributed by atoms with Crippen molar-refractivity contribution >= 4 is 16.9 Å². The van der Waals surface area contributed by atoms with E-state index in [0.29, 0.717) is 0 Å². The molecule has 1 N–H and O–H groups in total. The number of aliphatic imine (C=N–C) groups is 1. The van der Waals surface area contributed by atoms with Crippen LogP contribution >= 0.6 is 11.8 Å². The third kappa shape index (κ3) is 5.16. The van der Waals surface area contributed by atoms with Gasteiger partial charge in [-0.15, -0.1) is 0 Å². The van der Waals surface area contributed by atoms with Gasteiger partial charge in [0.2, 0.25) is 0 Å². The Kier molecular flexibility index (Phi) is 5.23. The van der Waals surface area contributed by atoms with Crippen molar-refractivity contribution in [2.45, 2.75) is 12.8 Å². The zero-order valence-electron chi connectivity index (χ0n) is 8.55. The minimum Gasteiger partial charge on any atom is -0.365 e. The molecule has 0 unspecified atom stereocenters. The van der Waals surface area contributed by atoms with Crippen molar-refractivity contribution in [3.8, 4) is 0 Å². The molecule has 1 aliphatic heterocycles. The van der Waals surface area contributed by atoms with Gasteiger partial charge in [-0.1, -0.05) is 11.8 Å². The van der Waals surface area contributed by atoms with Gasteiger partial charge in [-0.2, -0.15) is 0 Å². The number of hydrogen-bond donors (Lipinski definition) is 1. The topological polar surface area (TPSA) is 27.6 Å². The Morgan fingerprint density at radius 3 is 3.00 bits per heavy atom. The van der Waals surface area contributed by atoms with Gasteiger partial charge in [0.25, 0.3) is 0 Å². The number of nitrogens with zero attached hydrogens (tertiary/aromatic N) is 2. The second-order valence-corrected chi connectivity index (χ2v) is 4.56. The highest BCUT2D eigenvalue weighted by molar-refractivity contribution is 8.13. The Balaban J connectivity index is 2.01. The van der Waals surface area contributed by atoms with Crippen LogP contribution in [0, 0.1) is 0 Å². The summed E-state index contributed by atoms with van der Waals surface area (Å²) in [6.45, 7) is 3.19. The van der Waals surface area contributed by atoms with Gasteiger partial charge >= 0.3 is 0 Å². The molecule has 0 amide bonds. The Bertz CT molecular complexity index is 168. The van der Waals surface area contributed by atoms with E-state index in [9.17, 15) is 0 Å². The lowest BCUT2D eigenvalue weighted by molar-refractivity contribution is 0.400. The fraction of sp³-hybridized carbons (Fsp3) is 0.889. The number of rotatable bonds is 4. The van der Waals surface area contributed by atoms with E-state index in [1.54, 1.807) is 0 Å². The van der Waals surface area contributed by atoms with Crippen LogP contribution in [0.3, 0.4) is 0 Å². The average Bonchev–Trinajstić information content (AvgIpc) is 2.14. The van der Waals surface area contributed by atoms with Crippen LogP contribution in [0.4, 0.5) is 0 Å². The lowest BCUT2D eigenvalue weighted by atomic mass is 10.4. The molecule has 1 heterocycles. The highest BCUT2D eigenvalue weighted by Crippen LogP contribution is 2.09. The maximum Gasteiger partial charge on any atom is 0.156 e. The standard InChI is InChI=1S/C9H19N3S/c1-12(2)7-3-5-10-9-11-6-4-8-13-9/h3-8H2,1-2H3,(H,10,11). The van der Waals surface area contributed by atoms with Crippen LogP contribution in [0.1, 0.15) is 12.8 Å². The van der Waals surface area contributed by atoms with Crippen molar-refractivity contribution in [1.29, 1.82) is 0 Å². The van der Waals surface area contributed by atoms with E-state index in [-0.39, 0.29) is 0 Å². The van der Waals surface area contributed by atoms with Crippen LogP contribution in [0.2, 0.25) is 0 Å². The summed E-state index contributed by atoms with van der Waals surface area (Å²) in [7, 11) is 4.21. The second-order valence-electron chi connectivity index (χ2n) is 3.47. The number of hydrogen-bond acceptors (Lipinski definition) is 4. The smallest absolute Gasteiger partial charge is 0.156 e. The summed E-state index contributed by atoms with van der Waals surface area (Å²) in [5.41, 5.74) is 0. The van der Waals surface area contributed by atoms with Crippen LogP contribution in [0.5, 0.6) is 0 Å². The highest BCUT2D eigenvalue weighted by Gasteiger charge is 2.03. The van der Waals surface area contributed by atoms with Gasteiger partial charge < -0.3 is 10.2 Å². The minimum atomic E-state index is 1.00. The van der Waals surface area contributed by atoms with Crippen LogP contribution in [-0.4, -0.2) is 49.6 Å². The lowest BCUT2D eigenvalue weighted by Gasteiger charge is -2.14. The van der Waals surface area contributed by atoms with E-state index in [1.807, 2.05) is 11.8 Å². The van der Waals surface area contributed by atoms with Crippen molar-refractivity contribution < 1.29 is 0 Å². The normalized spacial score (nSPS) is 17.3. The fourth-order valence-electron chi connectivity index (χ4n) is 1.16. The molecule has 0 spiro atoms. The first-order chi connectivity index (χ1) is 6.29. The second kappa shape index (κ2) is 6.27. The molecule has 0 saturated carbocycles. The molecular weight excluding hydrogens is 182 g/mol. The molecule has 0 aromatic rings. The van der Waals surface area contributed by atoms with Crippen LogP contribution in [-0.2, 0) is 0 Å². The predicted molar refractivity (Wildman–Crippen MR) is 60.6 cm³/mol. The van der Waals surface area contributed by atoms with E-state index >= 15 is 0 Å². The molecule has 1 aliphatic rings. The lowest BCUT2D eigenvalue weighted by Crippen LogP contribution is -2.27. The van der Waals surface area contributed by atoms with Crippen molar-refractivity contribution in [1.82, 2.24) is 10.2 Å². The van der Waals surface area contributed by atoms with Gasteiger partial charge in [0.05, 0.1) is 0 Å². The molecule has 0 aromatic heterocycles. The van der Waals surface area contributed by atoms with E-state index in [0.717, 1.165) is 24.8 Å². The average molecular weight is 201 g/mol. The number of amidine groups is 1. The summed E-state index contributed by atoms with van der Waals surface area (Å²) in [6.07, 6.45) is 2.42. The Morgan fingerprint density at radius 1 is 1.54 bits per heavy atom. The largest absolute Gasteiger partial charge is 0.365 e. The van der Waals surface area contributed by atoms with Crippen LogP contribution in [0.15, 0.2) is 4.99 Å². The molecule has 3 nitrogen and oxygen atoms in total. The minimum absolute atomic E-state index is 1.00. The molecule has 76 valence electrons. The molecule has 0 saturated heterocycles. The SMILES string of the molecule is CN(C)CCCNC1=NCCCS1. The molecule has 13 heavy (non-hydrogen) atoms. The third-order valence-electron chi connectivity index (χ3n) is 1.85. The summed E-state index contributed by atoms with van der Waals surface area (Å²) >= 11 is 1.85. The van der Waals surface area contributed by atoms with E-state index in [2.05, 4.69) is 29.3 Å². The Morgan fingerprint density at radius 2 is 2.38 bits per heavy atom. The highest BCUT2D eigenvalue weighted by atomic mass is 32.2. The molecular formula is C9H19N3S. The first-order valence-corrected chi connectivity index (χ1v) is 5.83. The van der Waals surface area contributed by atoms with E-state index < -0.39 is 0 Å². The summed E-state index contributed by atoms with van der Waals surface area (Å²) in [5, 5.41) is 4.51. The van der Waals surface area contributed by atoms with Crippen molar-refractivity contribution in [3.63, 3.8) is 0 Å². The molecule has 0 atom stereocenters. The quantitative estimate of drug-likeness (QED) is 0.688. The molecule has 0 bridgehead atoms. The third-order valence-corrected chi connectivity index (χ3v) is 2.89. The molecule has 4 heteroatoms. The van der Waals surface area contributed by atoms with E-state index in [1.165, 1.54) is 18.6 Å². The van der Waals surface area contributed by atoms with Gasteiger partial charge in [0.15, 0.2) is 5.17 Å². The monoisotopic (exact) mass is 201 g/mol. The van der Waals surface area contributed by atoms with E-state index in [4.69, 9.17) is 0 Å². The van der Waals surface area contributed by atoms with Crippen molar-refractivity contribution in [2.24, 2.45) is 4.99 Å². The van der Waals surface area contributed by atoms with Gasteiger partial charge in [-0.3, -0.25) is 4.99 Å². The predicted octanol–water partition coefficient (Wildman–Crippen LogP) is 1.02. The summed E-state index contributed by atoms with van der Waals surface area (Å²) in [5.74, 6) is 1.22. The molecule has 0 fully saturated rings. The number of nitrogens with one attached hydrogen (secondary N) is 1. The van der Waals surface area contributed by atoms with Gasteiger partial charge in [0, 0.05) is 18.8 Å². The molecule has 0 radical (unpaired) electrons. The van der Waals surface area contributed by atoms with Crippen LogP contribution < -0.4 is 5.32 Å². The first-order valence-electron chi connectivity index (χ1n) is 4.85. The number of thioether (sulfide) groups is 1. The van der Waals surface area contributed by atoms with Gasteiger partial charge in [0.1, 0.15) is 0 Å². The Labute approximate surface area is 85.0 Å². The maximum atomic E-state index is 4.40. The van der Waals surface area contributed by atoms with Gasteiger partial charge in [-0.05, 0) is 33.5 Å². The Hall–Kier alpha value is -0.220. The molecule has 0 aliphatic carbocycles. The zero-order valence-corrected chi connectivity index (χ0v) is 9.36. The fourth-order valence-corrected chi connectivity index (χ4v) is 2.01. The van der Waals surface area contributed by atoms with Crippen molar-refractivity contribution in [2.75, 3.05) is 39.5 Å². The molecule has 1 rings (SSSR count). The summed E-state index contributed by atoms with van der Waals surface area (Å²) < 4.78 is 0. The van der Waals surface area contributed by atoms with Crippen molar-refractivity contribution in [3.05, 3.63) is 0 Å². The first kappa shape index (κ1) is 10.9.